The van der Waals surface area contributed by atoms with Crippen LogP contribution in [0.5, 0.6) is 0 Å². The molecular formula is C17H15N5. The van der Waals surface area contributed by atoms with E-state index in [4.69, 9.17) is 11.5 Å². The number of nitrogens with two attached hydrogens (primary N) is 2. The van der Waals surface area contributed by atoms with Crippen LogP contribution in [0.4, 0.5) is 11.9 Å². The molecule has 22 heavy (non-hydrogen) atoms. The maximum atomic E-state index is 5.59. The predicted molar refractivity (Wildman–Crippen MR) is 89.5 cm³/mol. The van der Waals surface area contributed by atoms with Crippen molar-refractivity contribution in [3.63, 3.8) is 0 Å². The summed E-state index contributed by atoms with van der Waals surface area (Å²) in [6, 6.07) is 18.0. The third-order valence-corrected chi connectivity index (χ3v) is 3.11. The van der Waals surface area contributed by atoms with Crippen molar-refractivity contribution in [1.82, 2.24) is 15.0 Å². The van der Waals surface area contributed by atoms with Crippen LogP contribution in [0.1, 0.15) is 11.1 Å². The number of anilines is 2. The summed E-state index contributed by atoms with van der Waals surface area (Å²) >= 11 is 0. The average molecular weight is 289 g/mol. The summed E-state index contributed by atoms with van der Waals surface area (Å²) in [5.41, 5.74) is 14.3. The molecule has 0 aliphatic heterocycles. The molecule has 0 bridgehead atoms. The van der Waals surface area contributed by atoms with E-state index in [1.165, 1.54) is 0 Å². The molecule has 3 rings (SSSR count). The van der Waals surface area contributed by atoms with E-state index in [9.17, 15) is 0 Å². The first-order valence-electron chi connectivity index (χ1n) is 6.81. The number of nitrogens with zero attached hydrogens (tertiary/aromatic N) is 3. The molecule has 3 aromatic rings. The maximum Gasteiger partial charge on any atom is 0.225 e. The topological polar surface area (TPSA) is 90.7 Å². The molecule has 0 atom stereocenters. The van der Waals surface area contributed by atoms with Crippen LogP contribution in [0.2, 0.25) is 0 Å². The molecule has 0 amide bonds. The number of benzene rings is 2. The molecule has 5 nitrogen and oxygen atoms in total. The van der Waals surface area contributed by atoms with Gasteiger partial charge in [0.25, 0.3) is 0 Å². The fraction of sp³-hybridized carbons (Fsp3) is 0. The first kappa shape index (κ1) is 13.8. The summed E-state index contributed by atoms with van der Waals surface area (Å²) in [7, 11) is 0. The second-order valence-electron chi connectivity index (χ2n) is 4.74. The van der Waals surface area contributed by atoms with Gasteiger partial charge in [0.1, 0.15) is 0 Å². The Kier molecular flexibility index (Phi) is 3.78. The Hall–Kier alpha value is -3.21. The van der Waals surface area contributed by atoms with Crippen molar-refractivity contribution in [2.24, 2.45) is 0 Å². The van der Waals surface area contributed by atoms with Crippen LogP contribution in [0.15, 0.2) is 54.6 Å². The summed E-state index contributed by atoms with van der Waals surface area (Å²) in [5.74, 6) is 0.717. The van der Waals surface area contributed by atoms with Crippen LogP contribution in [-0.4, -0.2) is 15.0 Å². The number of hydrogen-bond donors (Lipinski definition) is 2. The van der Waals surface area contributed by atoms with E-state index >= 15 is 0 Å². The zero-order valence-corrected chi connectivity index (χ0v) is 11.8. The zero-order valence-electron chi connectivity index (χ0n) is 11.8. The van der Waals surface area contributed by atoms with Gasteiger partial charge in [-0.2, -0.15) is 15.0 Å². The van der Waals surface area contributed by atoms with Crippen molar-refractivity contribution in [3.05, 3.63) is 65.7 Å². The van der Waals surface area contributed by atoms with E-state index in [1.807, 2.05) is 42.5 Å². The van der Waals surface area contributed by atoms with Gasteiger partial charge in [0.2, 0.25) is 11.9 Å². The Morgan fingerprint density at radius 3 is 1.77 bits per heavy atom. The van der Waals surface area contributed by atoms with Crippen LogP contribution in [0.25, 0.3) is 23.5 Å². The lowest BCUT2D eigenvalue weighted by atomic mass is 10.1. The molecule has 0 saturated carbocycles. The number of rotatable bonds is 3. The lowest BCUT2D eigenvalue weighted by molar-refractivity contribution is 1.09. The Balaban J connectivity index is 1.82. The van der Waals surface area contributed by atoms with Crippen LogP contribution in [0, 0.1) is 0 Å². The normalized spacial score (nSPS) is 10.9. The van der Waals surface area contributed by atoms with Crippen molar-refractivity contribution in [2.45, 2.75) is 0 Å². The molecular weight excluding hydrogens is 274 g/mol. The molecule has 0 radical (unpaired) electrons. The minimum atomic E-state index is 0.121. The van der Waals surface area contributed by atoms with Gasteiger partial charge in [0.15, 0.2) is 5.82 Å². The van der Waals surface area contributed by atoms with Crippen LogP contribution >= 0.6 is 0 Å². The van der Waals surface area contributed by atoms with Gasteiger partial charge in [-0.3, -0.25) is 0 Å². The smallest absolute Gasteiger partial charge is 0.225 e. The van der Waals surface area contributed by atoms with E-state index in [-0.39, 0.29) is 11.9 Å². The van der Waals surface area contributed by atoms with Crippen LogP contribution < -0.4 is 11.5 Å². The van der Waals surface area contributed by atoms with E-state index < -0.39 is 0 Å². The molecule has 0 saturated heterocycles. The van der Waals surface area contributed by atoms with Gasteiger partial charge in [0, 0.05) is 5.56 Å². The van der Waals surface area contributed by atoms with Crippen LogP contribution in [-0.2, 0) is 0 Å². The summed E-state index contributed by atoms with van der Waals surface area (Å²) in [5, 5.41) is 0. The highest BCUT2D eigenvalue weighted by molar-refractivity contribution is 5.71. The molecule has 0 fully saturated rings. The highest BCUT2D eigenvalue weighted by Gasteiger charge is 2.04. The minimum absolute atomic E-state index is 0.121. The summed E-state index contributed by atoms with van der Waals surface area (Å²) in [4.78, 5) is 11.9. The molecule has 108 valence electrons. The van der Waals surface area contributed by atoms with Gasteiger partial charge in [-0.15, -0.1) is 0 Å². The third kappa shape index (κ3) is 3.27. The predicted octanol–water partition coefficient (Wildman–Crippen LogP) is 2.87. The Morgan fingerprint density at radius 1 is 0.636 bits per heavy atom. The monoisotopic (exact) mass is 289 g/mol. The highest BCUT2D eigenvalue weighted by atomic mass is 15.1. The average Bonchev–Trinajstić information content (AvgIpc) is 2.53. The Morgan fingerprint density at radius 2 is 1.18 bits per heavy atom. The first-order valence-corrected chi connectivity index (χ1v) is 6.81. The second-order valence-corrected chi connectivity index (χ2v) is 4.74. The number of aromatic nitrogens is 3. The SMILES string of the molecule is Nc1nc(N)nc(-c2ccc(/C=C/c3ccccc3)cc2)n1. The van der Waals surface area contributed by atoms with Crippen molar-refractivity contribution < 1.29 is 0 Å². The fourth-order valence-corrected chi connectivity index (χ4v) is 2.04. The summed E-state index contributed by atoms with van der Waals surface area (Å²) in [6.07, 6.45) is 4.11. The maximum absolute atomic E-state index is 5.59. The van der Waals surface area contributed by atoms with Crippen molar-refractivity contribution in [3.8, 4) is 11.4 Å². The standard InChI is InChI=1S/C17H15N5/c18-16-20-15(21-17(19)22-16)14-10-8-13(9-11-14)7-6-12-4-2-1-3-5-12/h1-11H,(H4,18,19,20,21,22)/b7-6+. The number of nitrogen functional groups attached to an aromatic ring is 2. The van der Waals surface area contributed by atoms with Gasteiger partial charge in [-0.05, 0) is 11.1 Å². The summed E-state index contributed by atoms with van der Waals surface area (Å²) in [6.45, 7) is 0. The lowest BCUT2D eigenvalue weighted by Crippen LogP contribution is -2.04. The van der Waals surface area contributed by atoms with Crippen molar-refractivity contribution in [1.29, 1.82) is 0 Å². The molecule has 2 aromatic carbocycles. The largest absolute Gasteiger partial charge is 0.368 e. The molecule has 5 heteroatoms. The van der Waals surface area contributed by atoms with E-state index in [0.717, 1.165) is 16.7 Å². The highest BCUT2D eigenvalue weighted by Crippen LogP contribution is 2.18. The molecule has 0 unspecified atom stereocenters. The second kappa shape index (κ2) is 6.05. The van der Waals surface area contributed by atoms with Gasteiger partial charge in [0.05, 0.1) is 0 Å². The Labute approximate surface area is 128 Å². The quantitative estimate of drug-likeness (QED) is 0.723. The van der Waals surface area contributed by atoms with E-state index in [1.54, 1.807) is 0 Å². The van der Waals surface area contributed by atoms with E-state index in [2.05, 4.69) is 39.2 Å². The van der Waals surface area contributed by atoms with Gasteiger partial charge >= 0.3 is 0 Å². The molecule has 0 aliphatic carbocycles. The summed E-state index contributed by atoms with van der Waals surface area (Å²) < 4.78 is 0. The van der Waals surface area contributed by atoms with Gasteiger partial charge < -0.3 is 11.5 Å². The Bertz CT molecular complexity index is 775. The zero-order chi connectivity index (χ0) is 15.4. The lowest BCUT2D eigenvalue weighted by Gasteiger charge is -2.02. The van der Waals surface area contributed by atoms with Crippen molar-refractivity contribution >= 4 is 24.0 Å². The van der Waals surface area contributed by atoms with E-state index in [0.29, 0.717) is 5.82 Å². The number of hydrogen-bond acceptors (Lipinski definition) is 5. The first-order chi connectivity index (χ1) is 10.7. The van der Waals surface area contributed by atoms with Crippen LogP contribution in [0.3, 0.4) is 0 Å². The molecule has 0 spiro atoms. The molecule has 1 heterocycles. The molecule has 0 aliphatic rings. The van der Waals surface area contributed by atoms with Crippen molar-refractivity contribution in [2.75, 3.05) is 11.5 Å². The van der Waals surface area contributed by atoms with Gasteiger partial charge in [-0.25, -0.2) is 0 Å². The fourth-order valence-electron chi connectivity index (χ4n) is 2.04. The molecule has 1 aromatic heterocycles. The minimum Gasteiger partial charge on any atom is -0.368 e. The van der Waals surface area contributed by atoms with Gasteiger partial charge in [-0.1, -0.05) is 66.7 Å². The molecule has 4 N–H and O–H groups in total. The third-order valence-electron chi connectivity index (χ3n) is 3.11.